The first kappa shape index (κ1) is 13.1. The van der Waals surface area contributed by atoms with E-state index in [-0.39, 0.29) is 13.2 Å². The minimum absolute atomic E-state index is 0.0521. The van der Waals surface area contributed by atoms with Crippen molar-refractivity contribution in [3.05, 3.63) is 25.3 Å². The molecule has 0 unspecified atom stereocenters. The number of ether oxygens (including phenoxy) is 1. The summed E-state index contributed by atoms with van der Waals surface area (Å²) in [5.74, 6) is 0. The Labute approximate surface area is 82.9 Å². The van der Waals surface area contributed by atoms with E-state index >= 15 is 0 Å². The molecule has 0 aliphatic heterocycles. The Morgan fingerprint density at radius 1 is 1.29 bits per heavy atom. The largest absolute Gasteiger partial charge is 0.460 e. The zero-order chi connectivity index (χ0) is 11.0. The molecule has 0 aromatic rings. The zero-order valence-corrected chi connectivity index (χ0v) is 8.87. The summed E-state index contributed by atoms with van der Waals surface area (Å²) in [5, 5.41) is 0. The first-order valence-corrected chi connectivity index (χ1v) is 5.34. The number of methoxy groups -OCH3 is 1. The van der Waals surface area contributed by atoms with Gasteiger partial charge in [0.25, 0.3) is 0 Å². The number of hydrogen-bond acceptors (Lipinski definition) is 5. The van der Waals surface area contributed by atoms with Crippen LogP contribution in [-0.4, -0.2) is 26.0 Å². The van der Waals surface area contributed by atoms with Gasteiger partial charge in [-0.05, 0) is 0 Å². The topological polar surface area (TPSA) is 61.8 Å². The van der Waals surface area contributed by atoms with Crippen LogP contribution >= 0.6 is 7.60 Å². The fraction of sp³-hybridized carbons (Fsp3) is 0.375. The van der Waals surface area contributed by atoms with Gasteiger partial charge in [-0.1, -0.05) is 12.2 Å². The lowest BCUT2D eigenvalue weighted by atomic mass is 10.7. The van der Waals surface area contributed by atoms with E-state index in [9.17, 15) is 9.36 Å². The van der Waals surface area contributed by atoms with Crippen LogP contribution in [0, 0.1) is 0 Å². The van der Waals surface area contributed by atoms with Crippen molar-refractivity contribution in [1.82, 2.24) is 0 Å². The van der Waals surface area contributed by atoms with Crippen LogP contribution in [0.15, 0.2) is 25.3 Å². The van der Waals surface area contributed by atoms with E-state index < -0.39 is 13.3 Å². The minimum atomic E-state index is -3.85. The number of carbonyl (C=O) groups excluding carboxylic acids is 1. The summed E-state index contributed by atoms with van der Waals surface area (Å²) in [5.41, 5.74) is -1.03. The van der Waals surface area contributed by atoms with Gasteiger partial charge < -0.3 is 4.74 Å². The molecule has 0 aromatic carbocycles. The molecule has 80 valence electrons. The quantitative estimate of drug-likeness (QED) is 0.486. The molecular formula is C8H13O5P. The van der Waals surface area contributed by atoms with E-state index in [0.29, 0.717) is 0 Å². The lowest BCUT2D eigenvalue weighted by Crippen LogP contribution is -2.07. The van der Waals surface area contributed by atoms with Gasteiger partial charge in [-0.2, -0.15) is 0 Å². The van der Waals surface area contributed by atoms with Crippen molar-refractivity contribution in [2.75, 3.05) is 20.3 Å². The van der Waals surface area contributed by atoms with Gasteiger partial charge in [0.2, 0.25) is 0 Å². The highest BCUT2D eigenvalue weighted by Crippen LogP contribution is 2.49. The Hall–Kier alpha value is -0.900. The van der Waals surface area contributed by atoms with Crippen LogP contribution in [0.3, 0.4) is 0 Å². The molecule has 0 fully saturated rings. The molecule has 0 atom stereocenters. The van der Waals surface area contributed by atoms with Gasteiger partial charge in [0.1, 0.15) is 0 Å². The molecule has 0 spiro atoms. The number of hydrogen-bond donors (Lipinski definition) is 0. The second-order valence-corrected chi connectivity index (χ2v) is 4.01. The molecule has 0 aromatic heterocycles. The second-order valence-electron chi connectivity index (χ2n) is 2.14. The maximum atomic E-state index is 11.6. The van der Waals surface area contributed by atoms with Crippen molar-refractivity contribution < 1.29 is 23.1 Å². The molecule has 0 N–H and O–H groups in total. The van der Waals surface area contributed by atoms with E-state index in [0.717, 1.165) is 7.11 Å². The normalized spacial score (nSPS) is 10.6. The van der Waals surface area contributed by atoms with Crippen LogP contribution in [0.4, 0.5) is 4.79 Å². The maximum absolute atomic E-state index is 11.6. The molecule has 6 heteroatoms. The highest BCUT2D eigenvalue weighted by Gasteiger charge is 2.35. The van der Waals surface area contributed by atoms with Crippen LogP contribution in [0.5, 0.6) is 0 Å². The SMILES string of the molecule is C=CCOP(=O)(OCC=C)C(=O)OC. The van der Waals surface area contributed by atoms with E-state index in [4.69, 9.17) is 9.05 Å². The number of rotatable bonds is 7. The average Bonchev–Trinajstić information content (AvgIpc) is 2.22. The summed E-state index contributed by atoms with van der Waals surface area (Å²) in [6.07, 6.45) is 2.71. The zero-order valence-electron chi connectivity index (χ0n) is 7.97. The Balaban J connectivity index is 4.47. The van der Waals surface area contributed by atoms with Crippen molar-refractivity contribution in [2.45, 2.75) is 0 Å². The molecule has 14 heavy (non-hydrogen) atoms. The first-order chi connectivity index (χ1) is 6.60. The van der Waals surface area contributed by atoms with Gasteiger partial charge in [0.05, 0.1) is 20.3 Å². The highest BCUT2D eigenvalue weighted by atomic mass is 31.2. The molecule has 0 saturated carbocycles. The Morgan fingerprint density at radius 2 is 1.71 bits per heavy atom. The van der Waals surface area contributed by atoms with Crippen LogP contribution < -0.4 is 0 Å². The molecule has 0 bridgehead atoms. The third kappa shape index (κ3) is 3.87. The molecule has 0 rings (SSSR count). The van der Waals surface area contributed by atoms with Gasteiger partial charge >= 0.3 is 13.3 Å². The van der Waals surface area contributed by atoms with Crippen molar-refractivity contribution >= 4 is 13.3 Å². The standard InChI is InChI=1S/C8H13O5P/c1-4-6-12-14(10,8(9)11-3)13-7-5-2/h4-5H,1-2,6-7H2,3H3. The van der Waals surface area contributed by atoms with E-state index in [2.05, 4.69) is 17.9 Å². The van der Waals surface area contributed by atoms with Gasteiger partial charge in [0, 0.05) is 0 Å². The monoisotopic (exact) mass is 220 g/mol. The summed E-state index contributed by atoms with van der Waals surface area (Å²) in [4.78, 5) is 11.0. The summed E-state index contributed by atoms with van der Waals surface area (Å²) >= 11 is 0. The van der Waals surface area contributed by atoms with Gasteiger partial charge in [-0.25, -0.2) is 9.36 Å². The lowest BCUT2D eigenvalue weighted by Gasteiger charge is -2.13. The minimum Gasteiger partial charge on any atom is -0.460 e. The summed E-state index contributed by atoms with van der Waals surface area (Å²) < 4.78 is 25.4. The summed E-state index contributed by atoms with van der Waals surface area (Å²) in [6, 6.07) is 0. The maximum Gasteiger partial charge on any atom is 0.438 e. The number of carbonyl (C=O) groups is 1. The first-order valence-electron chi connectivity index (χ1n) is 3.80. The third-order valence-electron chi connectivity index (χ3n) is 1.12. The summed E-state index contributed by atoms with van der Waals surface area (Å²) in [7, 11) is -2.75. The molecule has 0 amide bonds. The van der Waals surface area contributed by atoms with Crippen LogP contribution in [0.25, 0.3) is 0 Å². The van der Waals surface area contributed by atoms with Crippen molar-refractivity contribution in [3.63, 3.8) is 0 Å². The smallest absolute Gasteiger partial charge is 0.438 e. The van der Waals surface area contributed by atoms with Crippen molar-refractivity contribution in [3.8, 4) is 0 Å². The predicted octanol–water partition coefficient (Wildman–Crippen LogP) is 2.35. The third-order valence-corrected chi connectivity index (χ3v) is 2.73. The average molecular weight is 220 g/mol. The van der Waals surface area contributed by atoms with Crippen LogP contribution in [-0.2, 0) is 18.3 Å². The molecule has 0 aliphatic carbocycles. The lowest BCUT2D eigenvalue weighted by molar-refractivity contribution is 0.171. The van der Waals surface area contributed by atoms with Gasteiger partial charge in [0.15, 0.2) is 0 Å². The Kier molecular flexibility index (Phi) is 6.12. The highest BCUT2D eigenvalue weighted by molar-refractivity contribution is 7.71. The van der Waals surface area contributed by atoms with Crippen LogP contribution in [0.1, 0.15) is 0 Å². The van der Waals surface area contributed by atoms with Gasteiger partial charge in [-0.3, -0.25) is 9.05 Å². The predicted molar refractivity (Wildman–Crippen MR) is 52.3 cm³/mol. The van der Waals surface area contributed by atoms with E-state index in [1.807, 2.05) is 0 Å². The molecule has 0 saturated heterocycles. The van der Waals surface area contributed by atoms with Gasteiger partial charge in [-0.15, -0.1) is 13.2 Å². The summed E-state index contributed by atoms with van der Waals surface area (Å²) in [6.45, 7) is 6.61. The van der Waals surface area contributed by atoms with E-state index in [1.54, 1.807) is 0 Å². The molecule has 0 radical (unpaired) electrons. The molecular weight excluding hydrogens is 207 g/mol. The Bertz CT molecular complexity index is 244. The van der Waals surface area contributed by atoms with Crippen molar-refractivity contribution in [2.24, 2.45) is 0 Å². The Morgan fingerprint density at radius 3 is 2.00 bits per heavy atom. The van der Waals surface area contributed by atoms with E-state index in [1.165, 1.54) is 12.2 Å². The molecule has 0 aliphatic rings. The second kappa shape index (κ2) is 6.54. The van der Waals surface area contributed by atoms with Crippen molar-refractivity contribution in [1.29, 1.82) is 0 Å². The molecule has 0 heterocycles. The fourth-order valence-corrected chi connectivity index (χ4v) is 1.67. The fourth-order valence-electron chi connectivity index (χ4n) is 0.556. The van der Waals surface area contributed by atoms with Crippen LogP contribution in [0.2, 0.25) is 0 Å². The molecule has 5 nitrogen and oxygen atoms in total.